The van der Waals surface area contributed by atoms with Crippen LogP contribution in [0.4, 0.5) is 0 Å². The number of nitrogens with two attached hydrogens (primary N) is 1. The minimum Gasteiger partial charge on any atom is -0.478 e. The summed E-state index contributed by atoms with van der Waals surface area (Å²) in [6, 6.07) is 18.2. The van der Waals surface area contributed by atoms with E-state index in [1.807, 2.05) is 18.2 Å². The zero-order valence-electron chi connectivity index (χ0n) is 20.5. The number of hydrogen-bond acceptors (Lipinski definition) is 3. The summed E-state index contributed by atoms with van der Waals surface area (Å²) in [6.45, 7) is 7.69. The largest absolute Gasteiger partial charge is 0.478 e. The van der Waals surface area contributed by atoms with Crippen molar-refractivity contribution in [3.05, 3.63) is 77.4 Å². The molecule has 2 aromatic carbocycles. The van der Waals surface area contributed by atoms with Gasteiger partial charge in [-0.1, -0.05) is 81.3 Å². The molecule has 0 unspecified atom stereocenters. The summed E-state index contributed by atoms with van der Waals surface area (Å²) in [5, 5.41) is 8.87. The summed E-state index contributed by atoms with van der Waals surface area (Å²) in [7, 11) is 0. The van der Waals surface area contributed by atoms with Gasteiger partial charge in [0.05, 0.1) is 5.56 Å². The van der Waals surface area contributed by atoms with Crippen LogP contribution in [0, 0.1) is 5.92 Å². The van der Waals surface area contributed by atoms with E-state index in [1.54, 1.807) is 12.1 Å². The van der Waals surface area contributed by atoms with Gasteiger partial charge in [0.1, 0.15) is 0 Å². The Morgan fingerprint density at radius 3 is 2.09 bits per heavy atom. The van der Waals surface area contributed by atoms with Crippen LogP contribution in [0.1, 0.15) is 80.3 Å². The first-order chi connectivity index (χ1) is 16.0. The molecule has 180 valence electrons. The number of likely N-dealkylation sites (tertiary alicyclic amines) is 1. The molecule has 33 heavy (non-hydrogen) atoms. The maximum absolute atomic E-state index is 10.8. The summed E-state index contributed by atoms with van der Waals surface area (Å²) in [6.07, 6.45) is 13.2. The number of rotatable bonds is 7. The highest BCUT2D eigenvalue weighted by atomic mass is 16.4. The van der Waals surface area contributed by atoms with Crippen LogP contribution in [0.25, 0.3) is 6.08 Å². The number of benzene rings is 2. The Balaban J connectivity index is 0.000000227. The molecule has 0 amide bonds. The summed E-state index contributed by atoms with van der Waals surface area (Å²) in [4.78, 5) is 13.3. The van der Waals surface area contributed by atoms with Crippen molar-refractivity contribution in [1.29, 1.82) is 0 Å². The molecule has 0 spiro atoms. The molecule has 0 atom stereocenters. The van der Waals surface area contributed by atoms with Crippen LogP contribution in [-0.2, 0) is 6.54 Å². The molecule has 1 aliphatic heterocycles. The van der Waals surface area contributed by atoms with Gasteiger partial charge in [0.15, 0.2) is 0 Å². The maximum atomic E-state index is 10.8. The first kappa shape index (κ1) is 26.8. The minimum absolute atomic E-state index is 0.366. The molecular weight excluding hydrogens is 408 g/mol. The number of carboxylic acids is 1. The minimum atomic E-state index is -0.855. The monoisotopic (exact) mass is 450 g/mol. The molecule has 0 bridgehead atoms. The fraction of sp³-hybridized carbons (Fsp3) is 0.483. The number of allylic oxidation sites excluding steroid dienone is 1. The number of aromatic carboxylic acids is 1. The first-order valence-electron chi connectivity index (χ1n) is 12.5. The van der Waals surface area contributed by atoms with Crippen LogP contribution in [0.2, 0.25) is 0 Å². The third-order valence-electron chi connectivity index (χ3n) is 5.98. The first-order valence-corrected chi connectivity index (χ1v) is 12.5. The van der Waals surface area contributed by atoms with Gasteiger partial charge in [-0.15, -0.1) is 0 Å². The van der Waals surface area contributed by atoms with Gasteiger partial charge in [-0.2, -0.15) is 0 Å². The quantitative estimate of drug-likeness (QED) is 0.498. The van der Waals surface area contributed by atoms with Crippen LogP contribution in [0.3, 0.4) is 0 Å². The summed E-state index contributed by atoms with van der Waals surface area (Å²) in [5.74, 6) is 0.0579. The molecule has 1 saturated heterocycles. The van der Waals surface area contributed by atoms with Crippen LogP contribution in [-0.4, -0.2) is 35.1 Å². The molecule has 0 radical (unpaired) electrons. The molecule has 4 rings (SSSR count). The molecule has 2 fully saturated rings. The molecule has 0 aromatic heterocycles. The van der Waals surface area contributed by atoms with E-state index in [9.17, 15) is 4.79 Å². The van der Waals surface area contributed by atoms with E-state index in [0.29, 0.717) is 11.6 Å². The van der Waals surface area contributed by atoms with Gasteiger partial charge in [0.25, 0.3) is 0 Å². The van der Waals surface area contributed by atoms with E-state index in [4.69, 9.17) is 10.8 Å². The zero-order valence-corrected chi connectivity index (χ0v) is 20.5. The van der Waals surface area contributed by atoms with Crippen molar-refractivity contribution >= 4 is 12.0 Å². The fourth-order valence-corrected chi connectivity index (χ4v) is 3.77. The second-order valence-electron chi connectivity index (χ2n) is 9.07. The van der Waals surface area contributed by atoms with Crippen molar-refractivity contribution in [2.75, 3.05) is 13.1 Å². The van der Waals surface area contributed by atoms with E-state index in [1.165, 1.54) is 62.7 Å². The van der Waals surface area contributed by atoms with E-state index in [0.717, 1.165) is 18.9 Å². The average Bonchev–Trinajstić information content (AvgIpc) is 3.63. The van der Waals surface area contributed by atoms with Crippen molar-refractivity contribution in [1.82, 2.24) is 4.90 Å². The lowest BCUT2D eigenvalue weighted by atomic mass is 9.92. The van der Waals surface area contributed by atoms with Gasteiger partial charge in [-0.25, -0.2) is 4.79 Å². The van der Waals surface area contributed by atoms with Crippen molar-refractivity contribution in [3.8, 4) is 0 Å². The standard InChI is InChI=1S/C16H23NO2.C10H12.C3H7N/c1-2-3-13-8-10-17(11-9-13)12-14-4-6-15(7-5-14)16(18)19;1-2-3-7-10-8-5-4-6-9-10;4-3-1-2-3/h4-7,13H,2-3,8-12H2,1H3,(H,18,19);3-9H,2H2,1H3;3H,1-2,4H2/b;7-3-;. The lowest BCUT2D eigenvalue weighted by Gasteiger charge is -2.31. The van der Waals surface area contributed by atoms with Gasteiger partial charge < -0.3 is 10.8 Å². The second kappa shape index (κ2) is 15.4. The maximum Gasteiger partial charge on any atom is 0.335 e. The van der Waals surface area contributed by atoms with Crippen molar-refractivity contribution < 1.29 is 9.90 Å². The van der Waals surface area contributed by atoms with Gasteiger partial charge >= 0.3 is 5.97 Å². The number of nitrogens with zero attached hydrogens (tertiary/aromatic N) is 1. The van der Waals surface area contributed by atoms with Crippen molar-refractivity contribution in [2.24, 2.45) is 11.7 Å². The average molecular weight is 451 g/mol. The van der Waals surface area contributed by atoms with Gasteiger partial charge in [0, 0.05) is 12.6 Å². The zero-order chi connectivity index (χ0) is 23.9. The molecule has 4 heteroatoms. The SMILES string of the molecule is CC/C=C\c1ccccc1.CCCC1CCN(Cc2ccc(C(=O)O)cc2)CC1.NC1CC1. The highest BCUT2D eigenvalue weighted by molar-refractivity contribution is 5.87. The summed E-state index contributed by atoms with van der Waals surface area (Å²) >= 11 is 0. The number of carbonyl (C=O) groups is 1. The lowest BCUT2D eigenvalue weighted by Crippen LogP contribution is -2.33. The van der Waals surface area contributed by atoms with E-state index >= 15 is 0 Å². The number of hydrogen-bond donors (Lipinski definition) is 2. The van der Waals surface area contributed by atoms with E-state index < -0.39 is 5.97 Å². The van der Waals surface area contributed by atoms with E-state index in [2.05, 4.69) is 55.2 Å². The predicted octanol–water partition coefficient (Wildman–Crippen LogP) is 6.61. The third-order valence-corrected chi connectivity index (χ3v) is 5.98. The molecule has 1 aliphatic carbocycles. The molecule has 2 aliphatic rings. The predicted molar refractivity (Wildman–Crippen MR) is 139 cm³/mol. The Morgan fingerprint density at radius 1 is 1.00 bits per heavy atom. The van der Waals surface area contributed by atoms with Gasteiger partial charge in [-0.3, -0.25) is 4.90 Å². The topological polar surface area (TPSA) is 66.6 Å². The van der Waals surface area contributed by atoms with E-state index in [-0.39, 0.29) is 0 Å². The third kappa shape index (κ3) is 11.8. The van der Waals surface area contributed by atoms with Crippen LogP contribution >= 0.6 is 0 Å². The van der Waals surface area contributed by atoms with Crippen molar-refractivity contribution in [3.63, 3.8) is 0 Å². The number of carboxylic acid groups (broad SMARTS) is 1. The Kier molecular flexibility index (Phi) is 12.5. The van der Waals surface area contributed by atoms with Crippen LogP contribution in [0.5, 0.6) is 0 Å². The molecule has 4 nitrogen and oxygen atoms in total. The van der Waals surface area contributed by atoms with Crippen LogP contribution < -0.4 is 5.73 Å². The second-order valence-corrected chi connectivity index (χ2v) is 9.07. The van der Waals surface area contributed by atoms with Gasteiger partial charge in [-0.05, 0) is 74.4 Å². The summed E-state index contributed by atoms with van der Waals surface area (Å²) < 4.78 is 0. The Bertz CT molecular complexity index is 805. The Hall–Kier alpha value is -2.43. The highest BCUT2D eigenvalue weighted by Gasteiger charge is 2.18. The lowest BCUT2D eigenvalue weighted by molar-refractivity contribution is 0.0697. The smallest absolute Gasteiger partial charge is 0.335 e. The normalized spacial score (nSPS) is 16.5. The molecule has 2 aromatic rings. The Labute approximate surface area is 200 Å². The van der Waals surface area contributed by atoms with Crippen LogP contribution in [0.15, 0.2) is 60.7 Å². The highest BCUT2D eigenvalue weighted by Crippen LogP contribution is 2.22. The Morgan fingerprint density at radius 2 is 1.61 bits per heavy atom. The molecule has 3 N–H and O–H groups in total. The van der Waals surface area contributed by atoms with Crippen molar-refractivity contribution in [2.45, 2.75) is 71.4 Å². The summed E-state index contributed by atoms with van der Waals surface area (Å²) in [5.41, 5.74) is 8.08. The molecular formula is C29H42N2O2. The number of piperidine rings is 1. The van der Waals surface area contributed by atoms with Gasteiger partial charge in [0.2, 0.25) is 0 Å². The fourth-order valence-electron chi connectivity index (χ4n) is 3.77. The molecule has 1 saturated carbocycles. The molecule has 1 heterocycles.